The average Bonchev–Trinajstić information content (AvgIpc) is 2.30. The summed E-state index contributed by atoms with van der Waals surface area (Å²) in [6.45, 7) is 5.17. The van der Waals surface area contributed by atoms with E-state index in [9.17, 15) is 9.59 Å². The van der Waals surface area contributed by atoms with Crippen LogP contribution in [0, 0.1) is 5.92 Å². The number of carbonyl (C=O) groups excluding carboxylic acids is 2. The second kappa shape index (κ2) is 6.18. The van der Waals surface area contributed by atoms with E-state index in [0.717, 1.165) is 18.5 Å². The maximum atomic E-state index is 11.6. The lowest BCUT2D eigenvalue weighted by Crippen LogP contribution is -2.25. The molecule has 0 spiro atoms. The highest BCUT2D eigenvalue weighted by atomic mass is 16.2. The van der Waals surface area contributed by atoms with Crippen molar-refractivity contribution in [2.24, 2.45) is 5.92 Å². The summed E-state index contributed by atoms with van der Waals surface area (Å²) in [4.78, 5) is 22.7. The van der Waals surface area contributed by atoms with E-state index < -0.39 is 5.92 Å². The summed E-state index contributed by atoms with van der Waals surface area (Å²) < 4.78 is 0. The SMILES string of the molecule is CCCc1ccc(NC(=O)C(C)C(C)=O)cc1. The molecule has 1 amide bonds. The van der Waals surface area contributed by atoms with Gasteiger partial charge in [-0.25, -0.2) is 0 Å². The summed E-state index contributed by atoms with van der Waals surface area (Å²) in [5, 5.41) is 2.73. The van der Waals surface area contributed by atoms with Crippen molar-refractivity contribution in [1.82, 2.24) is 0 Å². The van der Waals surface area contributed by atoms with Crippen LogP contribution in [0.15, 0.2) is 24.3 Å². The molecule has 1 aromatic carbocycles. The van der Waals surface area contributed by atoms with Crippen LogP contribution in [-0.2, 0) is 16.0 Å². The van der Waals surface area contributed by atoms with Crippen molar-refractivity contribution < 1.29 is 9.59 Å². The predicted octanol–water partition coefficient (Wildman–Crippen LogP) is 2.80. The van der Waals surface area contributed by atoms with Crippen LogP contribution < -0.4 is 5.32 Å². The number of hydrogen-bond donors (Lipinski definition) is 1. The van der Waals surface area contributed by atoms with E-state index in [0.29, 0.717) is 0 Å². The number of anilines is 1. The highest BCUT2D eigenvalue weighted by Crippen LogP contribution is 2.12. The number of hydrogen-bond acceptors (Lipinski definition) is 2. The van der Waals surface area contributed by atoms with Crippen LogP contribution in [0.2, 0.25) is 0 Å². The third-order valence-corrected chi connectivity index (χ3v) is 2.76. The minimum Gasteiger partial charge on any atom is -0.325 e. The molecule has 0 aliphatic carbocycles. The van der Waals surface area contributed by atoms with Crippen molar-refractivity contribution in [3.8, 4) is 0 Å². The number of Topliss-reactive ketones (excluding diaryl/α,β-unsaturated/α-hetero) is 1. The number of aryl methyl sites for hydroxylation is 1. The molecule has 0 heterocycles. The van der Waals surface area contributed by atoms with Crippen molar-refractivity contribution in [1.29, 1.82) is 0 Å². The number of carbonyl (C=O) groups is 2. The molecular weight excluding hydrogens is 214 g/mol. The molecule has 3 heteroatoms. The fourth-order valence-electron chi connectivity index (χ4n) is 1.48. The summed E-state index contributed by atoms with van der Waals surface area (Å²) >= 11 is 0. The van der Waals surface area contributed by atoms with Gasteiger partial charge < -0.3 is 5.32 Å². The van der Waals surface area contributed by atoms with Gasteiger partial charge in [0.15, 0.2) is 0 Å². The van der Waals surface area contributed by atoms with Gasteiger partial charge in [0, 0.05) is 5.69 Å². The zero-order chi connectivity index (χ0) is 12.8. The molecule has 1 unspecified atom stereocenters. The fourth-order valence-corrected chi connectivity index (χ4v) is 1.48. The Hall–Kier alpha value is -1.64. The minimum atomic E-state index is -0.592. The molecule has 1 rings (SSSR count). The largest absolute Gasteiger partial charge is 0.325 e. The molecule has 92 valence electrons. The number of ketones is 1. The molecule has 0 bridgehead atoms. The van der Waals surface area contributed by atoms with Crippen LogP contribution in [-0.4, -0.2) is 11.7 Å². The zero-order valence-corrected chi connectivity index (χ0v) is 10.6. The Labute approximate surface area is 102 Å². The molecule has 0 aliphatic rings. The third kappa shape index (κ3) is 4.02. The highest BCUT2D eigenvalue weighted by Gasteiger charge is 2.17. The number of amides is 1. The first-order valence-corrected chi connectivity index (χ1v) is 5.94. The van der Waals surface area contributed by atoms with Gasteiger partial charge in [-0.05, 0) is 38.0 Å². The van der Waals surface area contributed by atoms with E-state index in [1.54, 1.807) is 6.92 Å². The van der Waals surface area contributed by atoms with E-state index in [1.165, 1.54) is 12.5 Å². The molecule has 0 saturated carbocycles. The zero-order valence-electron chi connectivity index (χ0n) is 10.6. The summed E-state index contributed by atoms with van der Waals surface area (Å²) in [7, 11) is 0. The van der Waals surface area contributed by atoms with Crippen molar-refractivity contribution in [2.75, 3.05) is 5.32 Å². The van der Waals surface area contributed by atoms with Gasteiger partial charge in [-0.15, -0.1) is 0 Å². The molecule has 0 fully saturated rings. The minimum absolute atomic E-state index is 0.120. The average molecular weight is 233 g/mol. The van der Waals surface area contributed by atoms with Gasteiger partial charge in [-0.1, -0.05) is 25.5 Å². The molecule has 0 radical (unpaired) electrons. The second-order valence-electron chi connectivity index (χ2n) is 4.27. The second-order valence-corrected chi connectivity index (χ2v) is 4.27. The summed E-state index contributed by atoms with van der Waals surface area (Å²) in [6, 6.07) is 7.74. The highest BCUT2D eigenvalue weighted by molar-refractivity contribution is 6.06. The van der Waals surface area contributed by atoms with Crippen LogP contribution in [0.5, 0.6) is 0 Å². The van der Waals surface area contributed by atoms with Crippen molar-refractivity contribution in [2.45, 2.75) is 33.6 Å². The van der Waals surface area contributed by atoms with Gasteiger partial charge in [0.25, 0.3) is 0 Å². The van der Waals surface area contributed by atoms with Crippen LogP contribution >= 0.6 is 0 Å². The summed E-state index contributed by atoms with van der Waals surface area (Å²) in [5.74, 6) is -0.962. The Morgan fingerprint density at radius 3 is 2.29 bits per heavy atom. The predicted molar refractivity (Wildman–Crippen MR) is 68.9 cm³/mol. The van der Waals surface area contributed by atoms with Crippen LogP contribution in [0.1, 0.15) is 32.8 Å². The first-order valence-electron chi connectivity index (χ1n) is 5.94. The molecule has 1 atom stereocenters. The monoisotopic (exact) mass is 233 g/mol. The Morgan fingerprint density at radius 1 is 1.24 bits per heavy atom. The first kappa shape index (κ1) is 13.4. The lowest BCUT2D eigenvalue weighted by atomic mass is 10.1. The van der Waals surface area contributed by atoms with Crippen molar-refractivity contribution >= 4 is 17.4 Å². The van der Waals surface area contributed by atoms with Crippen molar-refractivity contribution in [3.05, 3.63) is 29.8 Å². The van der Waals surface area contributed by atoms with E-state index in [-0.39, 0.29) is 11.7 Å². The Morgan fingerprint density at radius 2 is 1.82 bits per heavy atom. The fraction of sp³-hybridized carbons (Fsp3) is 0.429. The van der Waals surface area contributed by atoms with Crippen LogP contribution in [0.3, 0.4) is 0 Å². The summed E-state index contributed by atoms with van der Waals surface area (Å²) in [6.07, 6.45) is 2.14. The lowest BCUT2D eigenvalue weighted by molar-refractivity contribution is -0.129. The first-order chi connectivity index (χ1) is 8.04. The van der Waals surface area contributed by atoms with Gasteiger partial charge in [-0.3, -0.25) is 9.59 Å². The molecule has 1 N–H and O–H groups in total. The molecule has 0 aromatic heterocycles. The van der Waals surface area contributed by atoms with Gasteiger partial charge in [0.2, 0.25) is 5.91 Å². The van der Waals surface area contributed by atoms with Crippen LogP contribution in [0.4, 0.5) is 5.69 Å². The molecule has 3 nitrogen and oxygen atoms in total. The molecule has 0 aliphatic heterocycles. The smallest absolute Gasteiger partial charge is 0.234 e. The molecule has 17 heavy (non-hydrogen) atoms. The van der Waals surface area contributed by atoms with E-state index in [1.807, 2.05) is 24.3 Å². The van der Waals surface area contributed by atoms with E-state index >= 15 is 0 Å². The Kier molecular flexibility index (Phi) is 4.88. The van der Waals surface area contributed by atoms with Crippen molar-refractivity contribution in [3.63, 3.8) is 0 Å². The Balaban J connectivity index is 2.63. The van der Waals surface area contributed by atoms with Gasteiger partial charge in [0.1, 0.15) is 5.78 Å². The van der Waals surface area contributed by atoms with Gasteiger partial charge in [0.05, 0.1) is 5.92 Å². The number of benzene rings is 1. The molecular formula is C14H19NO2. The Bertz CT molecular complexity index is 395. The van der Waals surface area contributed by atoms with Crippen LogP contribution in [0.25, 0.3) is 0 Å². The number of rotatable bonds is 5. The maximum absolute atomic E-state index is 11.6. The van der Waals surface area contributed by atoms with E-state index in [4.69, 9.17) is 0 Å². The third-order valence-electron chi connectivity index (χ3n) is 2.76. The quantitative estimate of drug-likeness (QED) is 0.795. The van der Waals surface area contributed by atoms with E-state index in [2.05, 4.69) is 12.2 Å². The summed E-state index contributed by atoms with van der Waals surface area (Å²) in [5.41, 5.74) is 1.99. The lowest BCUT2D eigenvalue weighted by Gasteiger charge is -2.09. The normalized spacial score (nSPS) is 11.9. The standard InChI is InChI=1S/C14H19NO2/c1-4-5-12-6-8-13(9-7-12)15-14(17)10(2)11(3)16/h6-10H,4-5H2,1-3H3,(H,15,17). The molecule has 1 aromatic rings. The number of nitrogens with one attached hydrogen (secondary N) is 1. The topological polar surface area (TPSA) is 46.2 Å². The molecule has 0 saturated heterocycles. The maximum Gasteiger partial charge on any atom is 0.234 e. The van der Waals surface area contributed by atoms with Gasteiger partial charge >= 0.3 is 0 Å². The van der Waals surface area contributed by atoms with Gasteiger partial charge in [-0.2, -0.15) is 0 Å².